The molecule has 24 heavy (non-hydrogen) atoms. The first-order valence-corrected chi connectivity index (χ1v) is 8.44. The predicted molar refractivity (Wildman–Crippen MR) is 89.7 cm³/mol. The standard InChI is InChI=1S/C19H20FN3O/c20-15-4-2-13(3-5-15)14-7-11-21-17(12-14)16-6-9-19(23-16)8-1-10-22-18(19)24/h2-5,7,11-12,16,23H,1,6,8-10H2,(H,22,24)/t16-,19-/m0/s1. The quantitative estimate of drug-likeness (QED) is 0.892. The Morgan fingerprint density at radius 3 is 2.75 bits per heavy atom. The summed E-state index contributed by atoms with van der Waals surface area (Å²) in [5.41, 5.74) is 2.47. The van der Waals surface area contributed by atoms with Crippen molar-refractivity contribution in [2.45, 2.75) is 37.3 Å². The Kier molecular flexibility index (Phi) is 3.81. The number of halogens is 1. The van der Waals surface area contributed by atoms with Gasteiger partial charge in [-0.05, 0) is 61.1 Å². The second kappa shape index (κ2) is 5.98. The molecule has 2 N–H and O–H groups in total. The van der Waals surface area contributed by atoms with Crippen LogP contribution in [0.25, 0.3) is 11.1 Å². The van der Waals surface area contributed by atoms with Crippen molar-refractivity contribution in [1.82, 2.24) is 15.6 Å². The van der Waals surface area contributed by atoms with Gasteiger partial charge in [-0.1, -0.05) is 12.1 Å². The first-order valence-electron chi connectivity index (χ1n) is 8.44. The molecule has 1 amide bonds. The van der Waals surface area contributed by atoms with Crippen LogP contribution < -0.4 is 10.6 Å². The molecule has 0 radical (unpaired) electrons. The SMILES string of the molecule is O=C1NCCC[C@]12CC[C@@H](c1cc(-c3ccc(F)cc3)ccn1)N2. The maximum absolute atomic E-state index is 13.1. The minimum atomic E-state index is -0.434. The summed E-state index contributed by atoms with van der Waals surface area (Å²) in [6, 6.07) is 10.5. The van der Waals surface area contributed by atoms with Crippen LogP contribution in [-0.2, 0) is 4.79 Å². The molecule has 2 aliphatic heterocycles. The maximum Gasteiger partial charge on any atom is 0.240 e. The molecule has 0 bridgehead atoms. The van der Waals surface area contributed by atoms with Crippen molar-refractivity contribution >= 4 is 5.91 Å². The van der Waals surface area contributed by atoms with E-state index in [9.17, 15) is 9.18 Å². The number of benzene rings is 1. The van der Waals surface area contributed by atoms with Crippen LogP contribution in [0.3, 0.4) is 0 Å². The zero-order valence-corrected chi connectivity index (χ0v) is 13.4. The number of piperidine rings is 1. The number of amides is 1. The number of carbonyl (C=O) groups is 1. The van der Waals surface area contributed by atoms with Crippen LogP contribution in [-0.4, -0.2) is 23.0 Å². The molecule has 4 nitrogen and oxygen atoms in total. The van der Waals surface area contributed by atoms with Gasteiger partial charge in [0, 0.05) is 12.7 Å². The van der Waals surface area contributed by atoms with Crippen LogP contribution >= 0.6 is 0 Å². The second-order valence-electron chi connectivity index (χ2n) is 6.65. The molecule has 1 spiro atoms. The van der Waals surface area contributed by atoms with Crippen molar-refractivity contribution in [2.75, 3.05) is 6.54 Å². The highest BCUT2D eigenvalue weighted by molar-refractivity contribution is 5.87. The van der Waals surface area contributed by atoms with Crippen molar-refractivity contribution in [1.29, 1.82) is 0 Å². The number of pyridine rings is 1. The fraction of sp³-hybridized carbons (Fsp3) is 0.368. The molecular formula is C19H20FN3O. The smallest absolute Gasteiger partial charge is 0.240 e. The van der Waals surface area contributed by atoms with E-state index in [1.807, 2.05) is 12.1 Å². The Morgan fingerprint density at radius 1 is 1.12 bits per heavy atom. The average molecular weight is 325 g/mol. The number of carbonyl (C=O) groups excluding carboxylic acids is 1. The molecule has 1 aromatic carbocycles. The normalized spacial score (nSPS) is 26.5. The molecule has 3 heterocycles. The molecule has 0 saturated carbocycles. The molecule has 0 unspecified atom stereocenters. The Morgan fingerprint density at radius 2 is 1.96 bits per heavy atom. The summed E-state index contributed by atoms with van der Waals surface area (Å²) < 4.78 is 13.1. The highest BCUT2D eigenvalue weighted by Gasteiger charge is 2.46. The van der Waals surface area contributed by atoms with Gasteiger partial charge in [0.1, 0.15) is 5.82 Å². The van der Waals surface area contributed by atoms with E-state index in [2.05, 4.69) is 15.6 Å². The van der Waals surface area contributed by atoms with Gasteiger partial charge in [0.25, 0.3) is 0 Å². The van der Waals surface area contributed by atoms with Gasteiger partial charge < -0.3 is 5.32 Å². The lowest BCUT2D eigenvalue weighted by molar-refractivity contribution is -0.129. The van der Waals surface area contributed by atoms with Crippen LogP contribution in [0.4, 0.5) is 4.39 Å². The number of rotatable bonds is 2. The molecule has 0 aliphatic carbocycles. The molecule has 5 heteroatoms. The molecule has 1 aromatic heterocycles. The fourth-order valence-electron chi connectivity index (χ4n) is 3.80. The summed E-state index contributed by atoms with van der Waals surface area (Å²) in [5, 5.41) is 6.50. The molecule has 2 saturated heterocycles. The summed E-state index contributed by atoms with van der Waals surface area (Å²) in [7, 11) is 0. The van der Waals surface area contributed by atoms with Crippen LogP contribution in [0.2, 0.25) is 0 Å². The summed E-state index contributed by atoms with van der Waals surface area (Å²) in [6.07, 6.45) is 5.41. The minimum Gasteiger partial charge on any atom is -0.354 e. The summed E-state index contributed by atoms with van der Waals surface area (Å²) in [4.78, 5) is 16.8. The number of hydrogen-bond donors (Lipinski definition) is 2. The topological polar surface area (TPSA) is 54.0 Å². The molecule has 2 aromatic rings. The van der Waals surface area contributed by atoms with Crippen molar-refractivity contribution in [2.24, 2.45) is 0 Å². The number of nitrogens with zero attached hydrogens (tertiary/aromatic N) is 1. The monoisotopic (exact) mass is 325 g/mol. The fourth-order valence-corrected chi connectivity index (χ4v) is 3.80. The van der Waals surface area contributed by atoms with Crippen LogP contribution in [0.15, 0.2) is 42.6 Å². The first kappa shape index (κ1) is 15.3. The van der Waals surface area contributed by atoms with Gasteiger partial charge in [0.05, 0.1) is 17.3 Å². The van der Waals surface area contributed by atoms with E-state index < -0.39 is 5.54 Å². The number of hydrogen-bond acceptors (Lipinski definition) is 3. The van der Waals surface area contributed by atoms with E-state index in [1.54, 1.807) is 18.3 Å². The molecule has 124 valence electrons. The van der Waals surface area contributed by atoms with E-state index in [0.717, 1.165) is 49.0 Å². The Balaban J connectivity index is 1.58. The van der Waals surface area contributed by atoms with Gasteiger partial charge in [-0.15, -0.1) is 0 Å². The average Bonchev–Trinajstić information content (AvgIpc) is 3.04. The summed E-state index contributed by atoms with van der Waals surface area (Å²) >= 11 is 0. The van der Waals surface area contributed by atoms with Gasteiger partial charge in [0.15, 0.2) is 0 Å². The van der Waals surface area contributed by atoms with Crippen molar-refractivity contribution in [3.63, 3.8) is 0 Å². The van der Waals surface area contributed by atoms with Gasteiger partial charge in [-0.2, -0.15) is 0 Å². The summed E-state index contributed by atoms with van der Waals surface area (Å²) in [5.74, 6) is -0.123. The zero-order valence-electron chi connectivity index (χ0n) is 13.4. The Labute approximate surface area is 140 Å². The van der Waals surface area contributed by atoms with E-state index >= 15 is 0 Å². The Hall–Kier alpha value is -2.27. The van der Waals surface area contributed by atoms with Crippen LogP contribution in [0, 0.1) is 5.82 Å². The third kappa shape index (κ3) is 2.69. The largest absolute Gasteiger partial charge is 0.354 e. The number of aromatic nitrogens is 1. The van der Waals surface area contributed by atoms with Gasteiger partial charge in [-0.3, -0.25) is 15.1 Å². The molecular weight excluding hydrogens is 305 g/mol. The van der Waals surface area contributed by atoms with Gasteiger partial charge >= 0.3 is 0 Å². The second-order valence-corrected chi connectivity index (χ2v) is 6.65. The van der Waals surface area contributed by atoms with Crippen molar-refractivity contribution in [3.05, 3.63) is 54.1 Å². The van der Waals surface area contributed by atoms with Crippen LogP contribution in [0.1, 0.15) is 37.4 Å². The lowest BCUT2D eigenvalue weighted by Gasteiger charge is -2.33. The molecule has 2 aliphatic rings. The third-order valence-electron chi connectivity index (χ3n) is 5.13. The third-order valence-corrected chi connectivity index (χ3v) is 5.13. The molecule has 4 rings (SSSR count). The Bertz CT molecular complexity index is 761. The highest BCUT2D eigenvalue weighted by Crippen LogP contribution is 2.37. The van der Waals surface area contributed by atoms with Crippen LogP contribution in [0.5, 0.6) is 0 Å². The lowest BCUT2D eigenvalue weighted by Crippen LogP contribution is -2.57. The minimum absolute atomic E-state index is 0.0780. The van der Waals surface area contributed by atoms with Gasteiger partial charge in [-0.25, -0.2) is 4.39 Å². The van der Waals surface area contributed by atoms with E-state index in [4.69, 9.17) is 0 Å². The van der Waals surface area contributed by atoms with Crippen molar-refractivity contribution < 1.29 is 9.18 Å². The zero-order chi connectivity index (χ0) is 16.6. The number of nitrogens with one attached hydrogen (secondary N) is 2. The van der Waals surface area contributed by atoms with E-state index in [1.165, 1.54) is 12.1 Å². The maximum atomic E-state index is 13.1. The predicted octanol–water partition coefficient (Wildman–Crippen LogP) is 2.96. The lowest BCUT2D eigenvalue weighted by atomic mass is 9.88. The highest BCUT2D eigenvalue weighted by atomic mass is 19.1. The summed E-state index contributed by atoms with van der Waals surface area (Å²) in [6.45, 7) is 0.769. The first-order chi connectivity index (χ1) is 11.7. The van der Waals surface area contributed by atoms with E-state index in [-0.39, 0.29) is 17.8 Å². The molecule has 2 atom stereocenters. The van der Waals surface area contributed by atoms with E-state index in [0.29, 0.717) is 0 Å². The molecule has 2 fully saturated rings. The van der Waals surface area contributed by atoms with Gasteiger partial charge in [0.2, 0.25) is 5.91 Å². The van der Waals surface area contributed by atoms with Crippen molar-refractivity contribution in [3.8, 4) is 11.1 Å².